The van der Waals surface area contributed by atoms with Gasteiger partial charge < -0.3 is 16.2 Å². The Bertz CT molecular complexity index is 371. The number of nitrogen functional groups attached to an aromatic ring is 1. The summed E-state index contributed by atoms with van der Waals surface area (Å²) in [5.74, 6) is 1.28. The molecule has 1 heterocycles. The third-order valence-electron chi connectivity index (χ3n) is 2.98. The number of pyridine rings is 1. The van der Waals surface area contributed by atoms with Crippen LogP contribution in [0.3, 0.4) is 0 Å². The number of halogens is 1. The van der Waals surface area contributed by atoms with Crippen molar-refractivity contribution in [2.24, 2.45) is 5.92 Å². The minimum Gasteiger partial charge on any atom is -0.397 e. The third-order valence-corrected chi connectivity index (χ3v) is 3.95. The number of anilines is 2. The highest BCUT2D eigenvalue weighted by Crippen LogP contribution is 2.27. The van der Waals surface area contributed by atoms with Crippen LogP contribution >= 0.6 is 15.9 Å². The third kappa shape index (κ3) is 3.85. The molecule has 1 atom stereocenters. The van der Waals surface area contributed by atoms with Gasteiger partial charge in [-0.05, 0) is 40.8 Å². The van der Waals surface area contributed by atoms with Crippen LogP contribution in [-0.4, -0.2) is 23.2 Å². The highest BCUT2D eigenvalue weighted by atomic mass is 79.9. The fourth-order valence-corrected chi connectivity index (χ4v) is 2.06. The van der Waals surface area contributed by atoms with Crippen LogP contribution in [0.5, 0.6) is 0 Å². The number of hydrogen-bond acceptors (Lipinski definition) is 4. The quantitative estimate of drug-likeness (QED) is 0.755. The molecule has 0 amide bonds. The van der Waals surface area contributed by atoms with Crippen molar-refractivity contribution in [3.63, 3.8) is 0 Å². The van der Waals surface area contributed by atoms with Crippen LogP contribution in [0.2, 0.25) is 0 Å². The lowest BCUT2D eigenvalue weighted by Crippen LogP contribution is -2.16. The first-order valence-corrected chi connectivity index (χ1v) is 6.64. The molecule has 0 aliphatic carbocycles. The van der Waals surface area contributed by atoms with Crippen molar-refractivity contribution in [3.05, 3.63) is 16.2 Å². The normalized spacial score (nSPS) is 12.5. The number of aliphatic hydroxyl groups is 1. The van der Waals surface area contributed by atoms with Gasteiger partial charge in [0.25, 0.3) is 0 Å². The summed E-state index contributed by atoms with van der Waals surface area (Å²) < 4.78 is 0.913. The van der Waals surface area contributed by atoms with E-state index < -0.39 is 0 Å². The molecule has 0 saturated heterocycles. The van der Waals surface area contributed by atoms with Crippen LogP contribution in [0.1, 0.15) is 25.3 Å². The Balaban J connectivity index is 2.66. The molecule has 1 unspecified atom stereocenters. The van der Waals surface area contributed by atoms with E-state index in [-0.39, 0.29) is 6.61 Å². The van der Waals surface area contributed by atoms with Crippen molar-refractivity contribution in [2.45, 2.75) is 26.7 Å². The van der Waals surface area contributed by atoms with Crippen molar-refractivity contribution in [3.8, 4) is 0 Å². The van der Waals surface area contributed by atoms with Gasteiger partial charge in [0, 0.05) is 13.2 Å². The predicted molar refractivity (Wildman–Crippen MR) is 75.1 cm³/mol. The van der Waals surface area contributed by atoms with Crippen LogP contribution < -0.4 is 11.1 Å². The molecule has 0 bridgehead atoms. The second-order valence-corrected chi connectivity index (χ2v) is 4.96. The van der Waals surface area contributed by atoms with Crippen LogP contribution in [-0.2, 0) is 0 Å². The topological polar surface area (TPSA) is 71.2 Å². The molecule has 1 aromatic heterocycles. The Hall–Kier alpha value is -0.810. The van der Waals surface area contributed by atoms with Crippen molar-refractivity contribution < 1.29 is 5.11 Å². The summed E-state index contributed by atoms with van der Waals surface area (Å²) in [5.41, 5.74) is 7.45. The number of rotatable bonds is 6. The van der Waals surface area contributed by atoms with Crippen molar-refractivity contribution in [1.82, 2.24) is 4.98 Å². The molecule has 5 heteroatoms. The van der Waals surface area contributed by atoms with Crippen molar-refractivity contribution >= 4 is 27.4 Å². The average molecular weight is 302 g/mol. The molecule has 0 spiro atoms. The molecular formula is C12H20BrN3O. The highest BCUT2D eigenvalue weighted by Gasteiger charge is 2.10. The number of hydrogen-bond donors (Lipinski definition) is 3. The molecule has 0 radical (unpaired) electrons. The van der Waals surface area contributed by atoms with Gasteiger partial charge in [-0.25, -0.2) is 4.98 Å². The molecule has 96 valence electrons. The Morgan fingerprint density at radius 2 is 2.29 bits per heavy atom. The van der Waals surface area contributed by atoms with Gasteiger partial charge in [-0.3, -0.25) is 0 Å². The van der Waals surface area contributed by atoms with Crippen LogP contribution in [0.4, 0.5) is 11.5 Å². The zero-order valence-corrected chi connectivity index (χ0v) is 11.9. The molecular weight excluding hydrogens is 282 g/mol. The molecule has 0 aromatic carbocycles. The van der Waals surface area contributed by atoms with E-state index in [0.717, 1.165) is 35.2 Å². The average Bonchev–Trinajstić information content (AvgIpc) is 2.33. The van der Waals surface area contributed by atoms with Gasteiger partial charge in [-0.1, -0.05) is 13.3 Å². The zero-order chi connectivity index (χ0) is 12.8. The molecule has 1 rings (SSSR count). The highest BCUT2D eigenvalue weighted by molar-refractivity contribution is 9.10. The van der Waals surface area contributed by atoms with Crippen LogP contribution in [0, 0.1) is 12.8 Å². The van der Waals surface area contributed by atoms with Gasteiger partial charge >= 0.3 is 0 Å². The van der Waals surface area contributed by atoms with E-state index in [4.69, 9.17) is 10.8 Å². The molecule has 1 aromatic rings. The van der Waals surface area contributed by atoms with Crippen LogP contribution in [0.25, 0.3) is 0 Å². The monoisotopic (exact) mass is 301 g/mol. The number of nitrogens with two attached hydrogens (primary N) is 1. The van der Waals surface area contributed by atoms with E-state index in [1.54, 1.807) is 6.20 Å². The van der Waals surface area contributed by atoms with Crippen LogP contribution in [0.15, 0.2) is 10.7 Å². The van der Waals surface area contributed by atoms with Gasteiger partial charge in [-0.15, -0.1) is 0 Å². The maximum Gasteiger partial charge on any atom is 0.140 e. The zero-order valence-electron chi connectivity index (χ0n) is 10.3. The second kappa shape index (κ2) is 6.81. The fraction of sp³-hybridized carbons (Fsp3) is 0.583. The maximum absolute atomic E-state index is 8.93. The Morgan fingerprint density at radius 3 is 2.88 bits per heavy atom. The summed E-state index contributed by atoms with van der Waals surface area (Å²) in [5, 5.41) is 12.2. The minimum absolute atomic E-state index is 0.232. The molecule has 0 aliphatic heterocycles. The lowest BCUT2D eigenvalue weighted by molar-refractivity contribution is 0.258. The summed E-state index contributed by atoms with van der Waals surface area (Å²) in [4.78, 5) is 4.26. The second-order valence-electron chi connectivity index (χ2n) is 4.17. The minimum atomic E-state index is 0.232. The summed E-state index contributed by atoms with van der Waals surface area (Å²) in [6, 6.07) is 0. The molecule has 17 heavy (non-hydrogen) atoms. The summed E-state index contributed by atoms with van der Waals surface area (Å²) in [6.45, 7) is 5.12. The molecule has 0 saturated carbocycles. The van der Waals surface area contributed by atoms with E-state index in [0.29, 0.717) is 11.6 Å². The SMILES string of the molecule is CCC(CCO)CNc1ncc(N)c(C)c1Br. The molecule has 0 fully saturated rings. The van der Waals surface area contributed by atoms with Gasteiger partial charge in [0.15, 0.2) is 0 Å². The van der Waals surface area contributed by atoms with Crippen molar-refractivity contribution in [2.75, 3.05) is 24.2 Å². The van der Waals surface area contributed by atoms with Crippen molar-refractivity contribution in [1.29, 1.82) is 0 Å². The van der Waals surface area contributed by atoms with Gasteiger partial charge in [-0.2, -0.15) is 0 Å². The molecule has 4 nitrogen and oxygen atoms in total. The molecule has 0 aliphatic rings. The van der Waals surface area contributed by atoms with Gasteiger partial charge in [0.1, 0.15) is 5.82 Å². The Morgan fingerprint density at radius 1 is 1.59 bits per heavy atom. The predicted octanol–water partition coefficient (Wildman–Crippen LogP) is 2.56. The lowest BCUT2D eigenvalue weighted by Gasteiger charge is -2.16. The summed E-state index contributed by atoms with van der Waals surface area (Å²) in [6.07, 6.45) is 3.52. The number of nitrogens with zero attached hydrogens (tertiary/aromatic N) is 1. The van der Waals surface area contributed by atoms with Gasteiger partial charge in [0.2, 0.25) is 0 Å². The largest absolute Gasteiger partial charge is 0.397 e. The first-order chi connectivity index (χ1) is 8.10. The molecule has 4 N–H and O–H groups in total. The number of nitrogens with one attached hydrogen (secondary N) is 1. The van der Waals surface area contributed by atoms with Gasteiger partial charge in [0.05, 0.1) is 16.4 Å². The summed E-state index contributed by atoms with van der Waals surface area (Å²) in [7, 11) is 0. The first-order valence-electron chi connectivity index (χ1n) is 5.85. The number of aliphatic hydroxyl groups excluding tert-OH is 1. The standard InChI is InChI=1S/C12H20BrN3O/c1-3-9(4-5-17)6-15-12-11(13)8(2)10(14)7-16-12/h7,9,17H,3-6,14H2,1-2H3,(H,15,16). The Kier molecular flexibility index (Phi) is 5.71. The fourth-order valence-electron chi connectivity index (χ4n) is 1.59. The van der Waals surface area contributed by atoms with E-state index in [1.807, 2.05) is 6.92 Å². The Labute approximate surface area is 111 Å². The summed E-state index contributed by atoms with van der Waals surface area (Å²) >= 11 is 3.49. The lowest BCUT2D eigenvalue weighted by atomic mass is 10.0. The van der Waals surface area contributed by atoms with E-state index in [1.165, 1.54) is 0 Å². The van der Waals surface area contributed by atoms with E-state index >= 15 is 0 Å². The van der Waals surface area contributed by atoms with E-state index in [9.17, 15) is 0 Å². The number of aromatic nitrogens is 1. The first kappa shape index (κ1) is 14.3. The van der Waals surface area contributed by atoms with E-state index in [2.05, 4.69) is 33.2 Å². The maximum atomic E-state index is 8.93. The smallest absolute Gasteiger partial charge is 0.140 e.